The maximum Gasteiger partial charge on any atom is 0.220 e. The highest BCUT2D eigenvalue weighted by molar-refractivity contribution is 5.77. The number of aromatic nitrogens is 3. The van der Waals surface area contributed by atoms with Crippen molar-refractivity contribution >= 4 is 5.91 Å². The number of nitrogens with one attached hydrogen (secondary N) is 1. The van der Waals surface area contributed by atoms with E-state index in [-0.39, 0.29) is 23.2 Å². The van der Waals surface area contributed by atoms with Crippen molar-refractivity contribution in [2.24, 2.45) is 5.41 Å². The fraction of sp³-hybridized carbons (Fsp3) is 0.435. The second-order valence-electron chi connectivity index (χ2n) is 8.90. The van der Waals surface area contributed by atoms with Gasteiger partial charge in [0.2, 0.25) is 5.91 Å². The average Bonchev–Trinajstić information content (AvgIpc) is 3.23. The van der Waals surface area contributed by atoms with Crippen molar-refractivity contribution in [3.63, 3.8) is 0 Å². The third-order valence-corrected chi connectivity index (χ3v) is 5.87. The average molecular weight is 410 g/mol. The van der Waals surface area contributed by atoms with Gasteiger partial charge in [-0.1, -0.05) is 19.0 Å². The van der Waals surface area contributed by atoms with Crippen molar-refractivity contribution in [3.05, 3.63) is 64.6 Å². The Labute approximate surface area is 175 Å². The van der Waals surface area contributed by atoms with Gasteiger partial charge in [0.15, 0.2) is 0 Å². The number of hydrogen-bond donors (Lipinski definition) is 1. The molecular formula is C23H27FN4O2. The summed E-state index contributed by atoms with van der Waals surface area (Å²) in [5.41, 5.74) is 4.75. The van der Waals surface area contributed by atoms with Gasteiger partial charge in [0.25, 0.3) is 0 Å². The van der Waals surface area contributed by atoms with Gasteiger partial charge in [-0.05, 0) is 62.8 Å². The minimum Gasteiger partial charge on any atom is -0.361 e. The maximum atomic E-state index is 13.3. The third kappa shape index (κ3) is 4.01. The Balaban J connectivity index is 1.53. The van der Waals surface area contributed by atoms with Crippen molar-refractivity contribution < 1.29 is 13.7 Å². The predicted molar refractivity (Wildman–Crippen MR) is 111 cm³/mol. The first kappa shape index (κ1) is 20.3. The predicted octanol–water partition coefficient (Wildman–Crippen LogP) is 4.38. The summed E-state index contributed by atoms with van der Waals surface area (Å²) in [5.74, 6) is 0.490. The lowest BCUT2D eigenvalue weighted by atomic mass is 9.74. The van der Waals surface area contributed by atoms with E-state index in [0.29, 0.717) is 12.8 Å². The summed E-state index contributed by atoms with van der Waals surface area (Å²) in [5, 5.41) is 11.7. The molecule has 1 aliphatic rings. The van der Waals surface area contributed by atoms with E-state index in [0.717, 1.165) is 46.8 Å². The van der Waals surface area contributed by atoms with Crippen LogP contribution in [0.2, 0.25) is 0 Å². The van der Waals surface area contributed by atoms with E-state index in [1.54, 1.807) is 12.1 Å². The normalized spacial score (nSPS) is 17.6. The quantitative estimate of drug-likeness (QED) is 0.678. The summed E-state index contributed by atoms with van der Waals surface area (Å²) >= 11 is 0. The summed E-state index contributed by atoms with van der Waals surface area (Å²) in [4.78, 5) is 12.7. The second-order valence-corrected chi connectivity index (χ2v) is 8.90. The molecule has 0 aliphatic heterocycles. The van der Waals surface area contributed by atoms with Crippen LogP contribution in [0.25, 0.3) is 5.69 Å². The summed E-state index contributed by atoms with van der Waals surface area (Å²) in [6, 6.07) is 6.22. The Morgan fingerprint density at radius 2 is 2.03 bits per heavy atom. The molecule has 0 saturated heterocycles. The molecule has 0 radical (unpaired) electrons. The van der Waals surface area contributed by atoms with Crippen LogP contribution < -0.4 is 5.32 Å². The van der Waals surface area contributed by atoms with E-state index in [9.17, 15) is 9.18 Å². The molecular weight excluding hydrogens is 383 g/mol. The SMILES string of the molecule is Cc1noc(C)c1CCC(=O)N[C@@H]1CC(C)(C)Cc2c1cnn2-c1ccc(F)cc1. The van der Waals surface area contributed by atoms with Gasteiger partial charge in [0, 0.05) is 17.5 Å². The molecule has 0 saturated carbocycles. The minimum absolute atomic E-state index is 0.00168. The Kier molecular flexibility index (Phi) is 5.22. The van der Waals surface area contributed by atoms with Crippen LogP contribution in [0.1, 0.15) is 61.0 Å². The second kappa shape index (κ2) is 7.70. The molecule has 0 fully saturated rings. The number of benzene rings is 1. The fourth-order valence-corrected chi connectivity index (χ4v) is 4.34. The molecule has 0 bridgehead atoms. The Hall–Kier alpha value is -2.96. The van der Waals surface area contributed by atoms with E-state index in [1.807, 2.05) is 24.7 Å². The Morgan fingerprint density at radius 3 is 2.70 bits per heavy atom. The third-order valence-electron chi connectivity index (χ3n) is 5.87. The van der Waals surface area contributed by atoms with Gasteiger partial charge in [-0.15, -0.1) is 0 Å². The number of hydrogen-bond acceptors (Lipinski definition) is 4. The first-order chi connectivity index (χ1) is 14.2. The monoisotopic (exact) mass is 410 g/mol. The van der Waals surface area contributed by atoms with Gasteiger partial charge in [-0.3, -0.25) is 4.79 Å². The lowest BCUT2D eigenvalue weighted by Gasteiger charge is -2.36. The molecule has 0 unspecified atom stereocenters. The van der Waals surface area contributed by atoms with E-state index < -0.39 is 0 Å². The molecule has 30 heavy (non-hydrogen) atoms. The summed E-state index contributed by atoms with van der Waals surface area (Å²) in [7, 11) is 0. The number of carbonyl (C=O) groups is 1. The van der Waals surface area contributed by atoms with Crippen molar-refractivity contribution in [1.82, 2.24) is 20.3 Å². The van der Waals surface area contributed by atoms with E-state index in [1.165, 1.54) is 12.1 Å². The van der Waals surface area contributed by atoms with Crippen LogP contribution in [-0.2, 0) is 17.6 Å². The van der Waals surface area contributed by atoms with Crippen molar-refractivity contribution in [2.75, 3.05) is 0 Å². The number of rotatable bonds is 5. The number of halogens is 1. The van der Waals surface area contributed by atoms with Gasteiger partial charge in [0.05, 0.1) is 29.3 Å². The maximum absolute atomic E-state index is 13.3. The highest BCUT2D eigenvalue weighted by Crippen LogP contribution is 2.41. The zero-order chi connectivity index (χ0) is 21.5. The van der Waals surface area contributed by atoms with Gasteiger partial charge in [-0.25, -0.2) is 9.07 Å². The van der Waals surface area contributed by atoms with Crippen molar-refractivity contribution in [2.45, 2.75) is 59.4 Å². The van der Waals surface area contributed by atoms with Crippen LogP contribution in [0.5, 0.6) is 0 Å². The molecule has 7 heteroatoms. The molecule has 2 heterocycles. The Morgan fingerprint density at radius 1 is 1.30 bits per heavy atom. The molecule has 1 atom stereocenters. The molecule has 0 spiro atoms. The van der Waals surface area contributed by atoms with Crippen LogP contribution >= 0.6 is 0 Å². The van der Waals surface area contributed by atoms with Crippen LogP contribution in [0.4, 0.5) is 4.39 Å². The molecule has 1 aromatic carbocycles. The van der Waals surface area contributed by atoms with E-state index >= 15 is 0 Å². The zero-order valence-electron chi connectivity index (χ0n) is 17.8. The zero-order valence-corrected chi connectivity index (χ0v) is 17.8. The fourth-order valence-electron chi connectivity index (χ4n) is 4.34. The van der Waals surface area contributed by atoms with Gasteiger partial charge < -0.3 is 9.84 Å². The van der Waals surface area contributed by atoms with Crippen LogP contribution in [0.15, 0.2) is 35.0 Å². The smallest absolute Gasteiger partial charge is 0.220 e. The molecule has 4 rings (SSSR count). The van der Waals surface area contributed by atoms with E-state index in [2.05, 4.69) is 29.4 Å². The molecule has 1 aliphatic carbocycles. The molecule has 158 valence electrons. The lowest BCUT2D eigenvalue weighted by Crippen LogP contribution is -2.36. The highest BCUT2D eigenvalue weighted by atomic mass is 19.1. The largest absolute Gasteiger partial charge is 0.361 e. The number of amides is 1. The summed E-state index contributed by atoms with van der Waals surface area (Å²) in [6.45, 7) is 8.15. The molecule has 1 amide bonds. The number of aryl methyl sites for hydroxylation is 2. The first-order valence-electron chi connectivity index (χ1n) is 10.3. The highest BCUT2D eigenvalue weighted by Gasteiger charge is 2.36. The van der Waals surface area contributed by atoms with Gasteiger partial charge in [0.1, 0.15) is 11.6 Å². The molecule has 1 N–H and O–H groups in total. The summed E-state index contributed by atoms with van der Waals surface area (Å²) < 4.78 is 20.4. The first-order valence-corrected chi connectivity index (χ1v) is 10.3. The lowest BCUT2D eigenvalue weighted by molar-refractivity contribution is -0.122. The standard InChI is InChI=1S/C23H27FN4O2/c1-14-18(15(2)30-27-14)9-10-22(29)26-20-11-23(3,4)12-21-19(20)13-25-28(21)17-7-5-16(24)6-8-17/h5-8,13,20H,9-12H2,1-4H3,(H,26,29)/t20-/m1/s1. The molecule has 6 nitrogen and oxygen atoms in total. The Bertz CT molecular complexity index is 1050. The number of fused-ring (bicyclic) bond motifs is 1. The number of nitrogens with zero attached hydrogens (tertiary/aromatic N) is 3. The van der Waals surface area contributed by atoms with Crippen LogP contribution in [-0.4, -0.2) is 20.8 Å². The van der Waals surface area contributed by atoms with Crippen molar-refractivity contribution in [3.8, 4) is 5.69 Å². The minimum atomic E-state index is -0.275. The topological polar surface area (TPSA) is 73.0 Å². The van der Waals surface area contributed by atoms with Crippen LogP contribution in [0, 0.1) is 25.1 Å². The molecule has 2 aromatic heterocycles. The van der Waals surface area contributed by atoms with Gasteiger partial charge >= 0.3 is 0 Å². The van der Waals surface area contributed by atoms with Crippen LogP contribution in [0.3, 0.4) is 0 Å². The van der Waals surface area contributed by atoms with E-state index in [4.69, 9.17) is 4.52 Å². The van der Waals surface area contributed by atoms with Gasteiger partial charge in [-0.2, -0.15) is 5.10 Å². The summed E-state index contributed by atoms with van der Waals surface area (Å²) in [6.07, 6.45) is 4.48. The van der Waals surface area contributed by atoms with Crippen molar-refractivity contribution in [1.29, 1.82) is 0 Å². The molecule has 3 aromatic rings. The number of carbonyl (C=O) groups excluding carboxylic acids is 1.